The van der Waals surface area contributed by atoms with Crippen molar-refractivity contribution < 1.29 is 12.0 Å². The number of phenols is 1. The maximum absolute atomic E-state index is 12.8. The van der Waals surface area contributed by atoms with Crippen LogP contribution in [-0.4, -0.2) is 19.6 Å². The Morgan fingerprint density at radius 1 is 0.478 bits per heavy atom. The zero-order chi connectivity index (χ0) is 53.6. The van der Waals surface area contributed by atoms with Crippen LogP contribution in [0.25, 0.3) is 83.9 Å². The Morgan fingerprint density at radius 2 is 1.12 bits per heavy atom. The Balaban J connectivity index is 1.38. The summed E-state index contributed by atoms with van der Waals surface area (Å²) >= 11 is 0. The summed E-state index contributed by atoms with van der Waals surface area (Å²) in [6, 6.07) is 42.8. The van der Waals surface area contributed by atoms with Crippen LogP contribution in [0.4, 0.5) is 0 Å². The molecule has 0 fully saturated rings. The van der Waals surface area contributed by atoms with Crippen molar-refractivity contribution in [1.29, 1.82) is 0 Å². The number of para-hydroxylation sites is 1. The Labute approximate surface area is 417 Å². The van der Waals surface area contributed by atoms with Crippen LogP contribution in [0.3, 0.4) is 0 Å². The Bertz CT molecular complexity index is 3630. The molecule has 0 unspecified atom stereocenters. The van der Waals surface area contributed by atoms with E-state index in [-0.39, 0.29) is 51.7 Å². The third kappa shape index (κ3) is 9.30. The molecule has 0 saturated heterocycles. The van der Waals surface area contributed by atoms with Gasteiger partial charge in [0.1, 0.15) is 11.6 Å². The Hall–Kier alpha value is -7.04. The summed E-state index contributed by atoms with van der Waals surface area (Å²) < 4.78 is 44.8. The number of benzene rings is 7. The number of phenolic OH excluding ortho intramolecular Hbond substituents is 1. The fourth-order valence-electron chi connectivity index (χ4n) is 9.26. The van der Waals surface area contributed by atoms with Crippen LogP contribution in [-0.2, 0) is 21.7 Å². The van der Waals surface area contributed by atoms with Crippen molar-refractivity contribution >= 4 is 11.0 Å². The van der Waals surface area contributed by atoms with Gasteiger partial charge in [-0.2, -0.15) is 0 Å². The molecule has 348 valence electrons. The number of nitrogens with zero attached hydrogens (tertiary/aromatic N) is 3. The van der Waals surface area contributed by atoms with E-state index >= 15 is 0 Å². The summed E-state index contributed by atoms with van der Waals surface area (Å²) in [5.74, 6) is 0.800. The number of hydrogen-bond acceptors (Lipinski definition) is 3. The van der Waals surface area contributed by atoms with E-state index in [0.29, 0.717) is 22.6 Å². The van der Waals surface area contributed by atoms with E-state index in [1.165, 1.54) is 5.56 Å². The SMILES string of the molecule is [2H]c1c([2H])c([2H])c(-c2ccnc(-c3cc(-c4cccc5c4nc(-c4cc(C(C)(C)C)cc(C(C)(C)C)c4O)n5-c4cc(-c5ccccc5)c(C)cc4-c4ccc(C(C)(C)C)cc4)cc(C(C)(C)C)c3)c2)c([2H])c1[2H]. The van der Waals surface area contributed by atoms with Crippen molar-refractivity contribution in [2.75, 3.05) is 0 Å². The predicted molar refractivity (Wildman–Crippen MR) is 293 cm³/mol. The first-order chi connectivity index (χ1) is 34.6. The van der Waals surface area contributed by atoms with E-state index in [4.69, 9.17) is 16.8 Å². The summed E-state index contributed by atoms with van der Waals surface area (Å²) in [5.41, 5.74) is 15.5. The molecular weight excluding hydrogens is 839 g/mol. The van der Waals surface area contributed by atoms with Crippen LogP contribution in [0.15, 0.2) is 164 Å². The molecule has 0 saturated carbocycles. The van der Waals surface area contributed by atoms with Gasteiger partial charge in [-0.3, -0.25) is 9.55 Å². The van der Waals surface area contributed by atoms with Crippen LogP contribution in [0, 0.1) is 6.92 Å². The summed E-state index contributed by atoms with van der Waals surface area (Å²) in [6.45, 7) is 28.4. The zero-order valence-electron chi connectivity index (χ0n) is 47.5. The van der Waals surface area contributed by atoms with Crippen LogP contribution in [0.5, 0.6) is 5.75 Å². The van der Waals surface area contributed by atoms with Gasteiger partial charge in [-0.1, -0.05) is 192 Å². The molecule has 0 atom stereocenters. The maximum Gasteiger partial charge on any atom is 0.149 e. The largest absolute Gasteiger partial charge is 0.507 e. The molecule has 7 aromatic carbocycles. The molecule has 0 aliphatic rings. The van der Waals surface area contributed by atoms with Crippen molar-refractivity contribution in [1.82, 2.24) is 14.5 Å². The van der Waals surface area contributed by atoms with Gasteiger partial charge in [0.15, 0.2) is 0 Å². The smallest absolute Gasteiger partial charge is 0.149 e. The summed E-state index contributed by atoms with van der Waals surface area (Å²) in [4.78, 5) is 10.6. The van der Waals surface area contributed by atoms with Crippen molar-refractivity contribution in [3.8, 4) is 78.6 Å². The average molecular weight is 911 g/mol. The van der Waals surface area contributed by atoms with E-state index in [0.717, 1.165) is 77.9 Å². The number of fused-ring (bicyclic) bond motifs is 1. The molecule has 0 spiro atoms. The quantitative estimate of drug-likeness (QED) is 0.173. The number of aromatic nitrogens is 3. The molecular formula is C65H67N3O. The van der Waals surface area contributed by atoms with E-state index in [1.54, 1.807) is 12.3 Å². The van der Waals surface area contributed by atoms with Crippen LogP contribution >= 0.6 is 0 Å². The minimum atomic E-state index is -0.433. The second-order valence-corrected chi connectivity index (χ2v) is 22.7. The Morgan fingerprint density at radius 3 is 1.77 bits per heavy atom. The molecule has 0 aliphatic heterocycles. The summed E-state index contributed by atoms with van der Waals surface area (Å²) in [7, 11) is 0. The number of aryl methyl sites for hydroxylation is 1. The van der Waals surface area contributed by atoms with Gasteiger partial charge >= 0.3 is 0 Å². The molecule has 4 nitrogen and oxygen atoms in total. The summed E-state index contributed by atoms with van der Waals surface area (Å²) in [5, 5.41) is 12.8. The predicted octanol–water partition coefficient (Wildman–Crippen LogP) is 17.6. The third-order valence-corrected chi connectivity index (χ3v) is 13.4. The van der Waals surface area contributed by atoms with E-state index in [9.17, 15) is 5.11 Å². The molecule has 0 aliphatic carbocycles. The van der Waals surface area contributed by atoms with Gasteiger partial charge in [-0.25, -0.2) is 4.98 Å². The number of pyridine rings is 1. The van der Waals surface area contributed by atoms with E-state index in [2.05, 4.69) is 204 Å². The number of rotatable bonds is 7. The molecule has 0 radical (unpaired) electrons. The highest BCUT2D eigenvalue weighted by Gasteiger charge is 2.30. The highest BCUT2D eigenvalue weighted by atomic mass is 16.3. The number of imidazole rings is 1. The molecule has 0 amide bonds. The number of aromatic hydroxyl groups is 1. The minimum Gasteiger partial charge on any atom is -0.507 e. The van der Waals surface area contributed by atoms with Gasteiger partial charge in [-0.15, -0.1) is 0 Å². The molecule has 9 aromatic rings. The first kappa shape index (κ1) is 41.0. The Kier molecular flexibility index (Phi) is 10.4. The topological polar surface area (TPSA) is 50.9 Å². The lowest BCUT2D eigenvalue weighted by molar-refractivity contribution is 0.446. The van der Waals surface area contributed by atoms with Crippen molar-refractivity contribution in [3.05, 3.63) is 192 Å². The molecule has 4 heteroatoms. The lowest BCUT2D eigenvalue weighted by atomic mass is 9.79. The highest BCUT2D eigenvalue weighted by Crippen LogP contribution is 2.47. The van der Waals surface area contributed by atoms with Gasteiger partial charge in [-0.05, 0) is 133 Å². The monoisotopic (exact) mass is 911 g/mol. The fourth-order valence-corrected chi connectivity index (χ4v) is 9.26. The van der Waals surface area contributed by atoms with Crippen LogP contribution in [0.2, 0.25) is 0 Å². The molecule has 1 N–H and O–H groups in total. The second-order valence-electron chi connectivity index (χ2n) is 22.7. The average Bonchev–Trinajstić information content (AvgIpc) is 3.73. The molecule has 2 aromatic heterocycles. The third-order valence-electron chi connectivity index (χ3n) is 13.4. The van der Waals surface area contributed by atoms with Crippen molar-refractivity contribution in [3.63, 3.8) is 0 Å². The lowest BCUT2D eigenvalue weighted by Crippen LogP contribution is -2.17. The maximum atomic E-state index is 12.8. The fraction of sp³-hybridized carbons (Fsp3) is 0.262. The zero-order valence-corrected chi connectivity index (χ0v) is 42.5. The molecule has 2 heterocycles. The second kappa shape index (κ2) is 17.5. The first-order valence-corrected chi connectivity index (χ1v) is 24.0. The van der Waals surface area contributed by atoms with E-state index < -0.39 is 11.5 Å². The molecule has 69 heavy (non-hydrogen) atoms. The van der Waals surface area contributed by atoms with Gasteiger partial charge in [0.25, 0.3) is 0 Å². The van der Waals surface area contributed by atoms with E-state index in [1.807, 2.05) is 12.1 Å². The standard InChI is InChI=1S/C65H67N3O/c1-41-33-53(44-27-29-48(30-28-44)62(2,3)4)58(40-52(41)43-23-18-15-19-24-43)68-57-26-20-25-51(59(57)67-61(68)54-38-50(64(8,9)10)39-55(60(54)69)65(11,12)13)46-34-47(36-49(35-46)63(5,6)7)56-37-45(31-32-66-56)42-21-16-14-17-22-42/h14-40,69H,1-13H3/i14D,16D,17D,21D,22D. The van der Waals surface area contributed by atoms with Crippen molar-refractivity contribution in [2.45, 2.75) is 112 Å². The van der Waals surface area contributed by atoms with Gasteiger partial charge in [0.05, 0.1) is 34.8 Å². The van der Waals surface area contributed by atoms with Gasteiger partial charge in [0, 0.05) is 28.5 Å². The van der Waals surface area contributed by atoms with Crippen LogP contribution < -0.4 is 0 Å². The number of hydrogen-bond donors (Lipinski definition) is 1. The summed E-state index contributed by atoms with van der Waals surface area (Å²) in [6.07, 6.45) is 1.63. The van der Waals surface area contributed by atoms with Gasteiger partial charge < -0.3 is 5.11 Å². The first-order valence-electron chi connectivity index (χ1n) is 26.5. The highest BCUT2D eigenvalue weighted by molar-refractivity contribution is 5.98. The van der Waals surface area contributed by atoms with Gasteiger partial charge in [0.2, 0.25) is 0 Å². The van der Waals surface area contributed by atoms with Crippen molar-refractivity contribution in [2.24, 2.45) is 0 Å². The van der Waals surface area contributed by atoms with Crippen LogP contribution in [0.1, 0.15) is 118 Å². The lowest BCUT2D eigenvalue weighted by Gasteiger charge is -2.28. The minimum absolute atomic E-state index is 0.0354. The molecule has 0 bridgehead atoms. The molecule has 9 rings (SSSR count). The normalized spacial score (nSPS) is 13.5.